The van der Waals surface area contributed by atoms with Gasteiger partial charge in [-0.3, -0.25) is 0 Å². The zero-order chi connectivity index (χ0) is 13.0. The zero-order valence-electron chi connectivity index (χ0n) is 10.5. The number of thiazole rings is 1. The molecule has 0 unspecified atom stereocenters. The number of methoxy groups -OCH3 is 1. The quantitative estimate of drug-likeness (QED) is 0.901. The molecular weight excluding hydrogens is 248 g/mol. The van der Waals surface area contributed by atoms with E-state index in [-0.39, 0.29) is 0 Å². The zero-order valence-corrected chi connectivity index (χ0v) is 11.3. The van der Waals surface area contributed by atoms with Crippen LogP contribution in [0.25, 0.3) is 10.6 Å². The van der Waals surface area contributed by atoms with Crippen LogP contribution >= 0.6 is 11.3 Å². The van der Waals surface area contributed by atoms with Crippen LogP contribution in [-0.4, -0.2) is 25.2 Å². The molecule has 1 heterocycles. The molecule has 0 amide bonds. The van der Waals surface area contributed by atoms with Gasteiger partial charge in [-0.15, -0.1) is 11.3 Å². The lowest BCUT2D eigenvalue weighted by molar-refractivity contribution is 0.302. The van der Waals surface area contributed by atoms with Gasteiger partial charge in [0.2, 0.25) is 0 Å². The van der Waals surface area contributed by atoms with Gasteiger partial charge in [0.25, 0.3) is 0 Å². The van der Waals surface area contributed by atoms with Crippen molar-refractivity contribution in [1.29, 1.82) is 0 Å². The van der Waals surface area contributed by atoms with E-state index in [0.717, 1.165) is 16.3 Å². The topological polar surface area (TPSA) is 57.4 Å². The van der Waals surface area contributed by atoms with Crippen molar-refractivity contribution in [2.45, 2.75) is 6.92 Å². The Hall–Kier alpha value is -1.59. The lowest BCUT2D eigenvalue weighted by atomic mass is 10.2. The van der Waals surface area contributed by atoms with Gasteiger partial charge in [0.05, 0.1) is 7.11 Å². The molecule has 0 bridgehead atoms. The Morgan fingerprint density at radius 2 is 2.17 bits per heavy atom. The Kier molecular flexibility index (Phi) is 4.17. The summed E-state index contributed by atoms with van der Waals surface area (Å²) in [4.78, 5) is 4.45. The number of ether oxygens (including phenoxy) is 2. The molecule has 0 radical (unpaired) electrons. The standard InChI is InChI=1S/C13H16N2O2S/c1-9-8-18-13(15-9)10-3-4-11(17-6-5-14)12(7-10)16-2/h3-4,7-8H,5-6,14H2,1-2H3. The molecular formula is C13H16N2O2S. The number of aromatic nitrogens is 1. The highest BCUT2D eigenvalue weighted by Crippen LogP contribution is 2.33. The lowest BCUT2D eigenvalue weighted by Crippen LogP contribution is -2.11. The van der Waals surface area contributed by atoms with Gasteiger partial charge in [-0.25, -0.2) is 4.98 Å². The minimum absolute atomic E-state index is 0.478. The van der Waals surface area contributed by atoms with E-state index in [2.05, 4.69) is 4.98 Å². The first kappa shape index (κ1) is 12.9. The Labute approximate surface area is 110 Å². The van der Waals surface area contributed by atoms with Crippen molar-refractivity contribution in [3.05, 3.63) is 29.3 Å². The molecule has 0 spiro atoms. The van der Waals surface area contributed by atoms with Crippen LogP contribution in [0, 0.1) is 6.92 Å². The number of aryl methyl sites for hydroxylation is 1. The summed E-state index contributed by atoms with van der Waals surface area (Å²) in [6, 6.07) is 5.80. The van der Waals surface area contributed by atoms with E-state index in [4.69, 9.17) is 15.2 Å². The van der Waals surface area contributed by atoms with E-state index in [9.17, 15) is 0 Å². The Morgan fingerprint density at radius 1 is 1.33 bits per heavy atom. The van der Waals surface area contributed by atoms with Crippen molar-refractivity contribution in [3.8, 4) is 22.1 Å². The normalized spacial score (nSPS) is 10.4. The summed E-state index contributed by atoms with van der Waals surface area (Å²) in [6.45, 7) is 2.94. The second-order valence-corrected chi connectivity index (χ2v) is 4.65. The number of hydrogen-bond acceptors (Lipinski definition) is 5. The molecule has 18 heavy (non-hydrogen) atoms. The fourth-order valence-electron chi connectivity index (χ4n) is 1.58. The third kappa shape index (κ3) is 2.80. The molecule has 2 rings (SSSR count). The van der Waals surface area contributed by atoms with Gasteiger partial charge in [0, 0.05) is 23.2 Å². The molecule has 4 nitrogen and oxygen atoms in total. The van der Waals surface area contributed by atoms with Crippen LogP contribution in [0.4, 0.5) is 0 Å². The van der Waals surface area contributed by atoms with Crippen LogP contribution in [0.15, 0.2) is 23.6 Å². The predicted octanol–water partition coefficient (Wildman–Crippen LogP) is 2.46. The molecule has 1 aromatic carbocycles. The molecule has 0 saturated carbocycles. The first-order valence-electron chi connectivity index (χ1n) is 5.68. The van der Waals surface area contributed by atoms with Gasteiger partial charge in [-0.1, -0.05) is 0 Å². The minimum Gasteiger partial charge on any atom is -0.493 e. The molecule has 0 aliphatic heterocycles. The number of nitrogens with zero attached hydrogens (tertiary/aromatic N) is 1. The highest BCUT2D eigenvalue weighted by atomic mass is 32.1. The average Bonchev–Trinajstić information content (AvgIpc) is 2.83. The van der Waals surface area contributed by atoms with E-state index in [1.54, 1.807) is 18.4 Å². The summed E-state index contributed by atoms with van der Waals surface area (Å²) in [5.74, 6) is 1.41. The van der Waals surface area contributed by atoms with Gasteiger partial charge in [0.15, 0.2) is 11.5 Å². The smallest absolute Gasteiger partial charge is 0.161 e. The van der Waals surface area contributed by atoms with Crippen molar-refractivity contribution in [1.82, 2.24) is 4.98 Å². The molecule has 5 heteroatoms. The van der Waals surface area contributed by atoms with Crippen molar-refractivity contribution in [2.24, 2.45) is 5.73 Å². The van der Waals surface area contributed by atoms with Gasteiger partial charge < -0.3 is 15.2 Å². The number of hydrogen-bond donors (Lipinski definition) is 1. The van der Waals surface area contributed by atoms with E-state index < -0.39 is 0 Å². The molecule has 0 saturated heterocycles. The summed E-state index contributed by atoms with van der Waals surface area (Å²) in [7, 11) is 1.63. The molecule has 0 atom stereocenters. The van der Waals surface area contributed by atoms with Crippen LogP contribution < -0.4 is 15.2 Å². The third-order valence-electron chi connectivity index (χ3n) is 2.41. The van der Waals surface area contributed by atoms with Crippen LogP contribution in [0.3, 0.4) is 0 Å². The summed E-state index contributed by atoms with van der Waals surface area (Å²) < 4.78 is 10.8. The summed E-state index contributed by atoms with van der Waals surface area (Å²) in [5, 5.41) is 3.01. The maximum atomic E-state index is 5.51. The van der Waals surface area contributed by atoms with Crippen molar-refractivity contribution < 1.29 is 9.47 Å². The second kappa shape index (κ2) is 5.84. The molecule has 0 fully saturated rings. The van der Waals surface area contributed by atoms with Gasteiger partial charge >= 0.3 is 0 Å². The van der Waals surface area contributed by atoms with Crippen LogP contribution in [-0.2, 0) is 0 Å². The SMILES string of the molecule is COc1cc(-c2nc(C)cs2)ccc1OCCN. The fourth-order valence-corrected chi connectivity index (χ4v) is 2.37. The van der Waals surface area contributed by atoms with Crippen molar-refractivity contribution in [3.63, 3.8) is 0 Å². The first-order chi connectivity index (χ1) is 8.74. The highest BCUT2D eigenvalue weighted by Gasteiger charge is 2.09. The van der Waals surface area contributed by atoms with Gasteiger partial charge in [-0.2, -0.15) is 0 Å². The second-order valence-electron chi connectivity index (χ2n) is 3.80. The molecule has 2 N–H and O–H groups in total. The maximum absolute atomic E-state index is 5.51. The van der Waals surface area contributed by atoms with Gasteiger partial charge in [-0.05, 0) is 25.1 Å². The molecule has 0 aliphatic rings. The van der Waals surface area contributed by atoms with Gasteiger partial charge in [0.1, 0.15) is 11.6 Å². The van der Waals surface area contributed by atoms with Crippen LogP contribution in [0.2, 0.25) is 0 Å². The van der Waals surface area contributed by atoms with Crippen LogP contribution in [0.5, 0.6) is 11.5 Å². The molecule has 0 aliphatic carbocycles. The van der Waals surface area contributed by atoms with E-state index in [0.29, 0.717) is 24.7 Å². The predicted molar refractivity (Wildman–Crippen MR) is 73.4 cm³/mol. The Bertz CT molecular complexity index is 525. The molecule has 1 aromatic heterocycles. The number of nitrogens with two attached hydrogens (primary N) is 1. The fraction of sp³-hybridized carbons (Fsp3) is 0.308. The Morgan fingerprint density at radius 3 is 2.78 bits per heavy atom. The third-order valence-corrected chi connectivity index (χ3v) is 3.41. The molecule has 2 aromatic rings. The maximum Gasteiger partial charge on any atom is 0.161 e. The highest BCUT2D eigenvalue weighted by molar-refractivity contribution is 7.13. The summed E-state index contributed by atoms with van der Waals surface area (Å²) >= 11 is 1.62. The largest absolute Gasteiger partial charge is 0.493 e. The first-order valence-corrected chi connectivity index (χ1v) is 6.56. The Balaban J connectivity index is 2.29. The van der Waals surface area contributed by atoms with E-state index >= 15 is 0 Å². The molecule has 96 valence electrons. The monoisotopic (exact) mass is 264 g/mol. The number of rotatable bonds is 5. The van der Waals surface area contributed by atoms with Crippen molar-refractivity contribution in [2.75, 3.05) is 20.3 Å². The van der Waals surface area contributed by atoms with Crippen LogP contribution in [0.1, 0.15) is 5.69 Å². The summed E-state index contributed by atoms with van der Waals surface area (Å²) in [6.07, 6.45) is 0. The van der Waals surface area contributed by atoms with Crippen molar-refractivity contribution >= 4 is 11.3 Å². The summed E-state index contributed by atoms with van der Waals surface area (Å²) in [5.41, 5.74) is 7.48. The lowest BCUT2D eigenvalue weighted by Gasteiger charge is -2.10. The van der Waals surface area contributed by atoms with E-state index in [1.807, 2.05) is 30.5 Å². The average molecular weight is 264 g/mol. The minimum atomic E-state index is 0.478. The number of benzene rings is 1. The van der Waals surface area contributed by atoms with E-state index in [1.165, 1.54) is 0 Å².